The number of methoxy groups -OCH3 is 1. The highest BCUT2D eigenvalue weighted by atomic mass is 31.2. The van der Waals surface area contributed by atoms with Crippen LogP contribution >= 0.6 is 7.82 Å². The number of hydrogen-bond donors (Lipinski definition) is 3. The van der Waals surface area contributed by atoms with Crippen LogP contribution in [0.25, 0.3) is 0 Å². The van der Waals surface area contributed by atoms with Gasteiger partial charge in [0.25, 0.3) is 5.56 Å². The lowest BCUT2D eigenvalue weighted by atomic mass is 10.1. The zero-order valence-corrected chi connectivity index (χ0v) is 14.6. The standard InChI is InChI=1S/C13H21N2O9P/c1-7(2)23-25(19,20)24-10-8(6-16)22-12(11(10)21-3)15-5-4-9(17)14-13(15)18/h4-5,7-8,10-12,16H,6H2,1-3H3,(H,19,20)(H,14,17,18)/t8-,10+,11?,12-/m1/s1/i6D2. The van der Waals surface area contributed by atoms with Crippen molar-refractivity contribution >= 4 is 7.82 Å². The Morgan fingerprint density at radius 3 is 2.68 bits per heavy atom. The van der Waals surface area contributed by atoms with Gasteiger partial charge in [-0.15, -0.1) is 0 Å². The molecular weight excluding hydrogens is 359 g/mol. The summed E-state index contributed by atoms with van der Waals surface area (Å²) in [4.78, 5) is 35.1. The molecule has 1 saturated heterocycles. The zero-order valence-electron chi connectivity index (χ0n) is 15.7. The minimum atomic E-state index is -4.68. The molecule has 3 N–H and O–H groups in total. The van der Waals surface area contributed by atoms with Crippen molar-refractivity contribution in [3.05, 3.63) is 33.1 Å². The van der Waals surface area contributed by atoms with E-state index in [1.165, 1.54) is 21.0 Å². The van der Waals surface area contributed by atoms with E-state index in [1.807, 2.05) is 4.98 Å². The third kappa shape index (κ3) is 4.64. The van der Waals surface area contributed by atoms with E-state index in [1.54, 1.807) is 0 Å². The molecule has 1 aliphatic rings. The van der Waals surface area contributed by atoms with Gasteiger partial charge in [-0.1, -0.05) is 0 Å². The number of phosphoric acid groups is 1. The fraction of sp³-hybridized carbons (Fsp3) is 0.692. The number of ether oxygens (including phenoxy) is 2. The van der Waals surface area contributed by atoms with Crippen molar-refractivity contribution in [1.82, 2.24) is 9.55 Å². The van der Waals surface area contributed by atoms with Crippen LogP contribution in [-0.4, -0.2) is 57.6 Å². The first kappa shape index (κ1) is 17.1. The van der Waals surface area contributed by atoms with Gasteiger partial charge < -0.3 is 19.5 Å². The molecule has 2 unspecified atom stereocenters. The van der Waals surface area contributed by atoms with Gasteiger partial charge in [0.15, 0.2) is 6.23 Å². The van der Waals surface area contributed by atoms with Gasteiger partial charge in [-0.2, -0.15) is 0 Å². The van der Waals surface area contributed by atoms with Crippen LogP contribution in [0.3, 0.4) is 0 Å². The van der Waals surface area contributed by atoms with Crippen LogP contribution in [0.5, 0.6) is 0 Å². The molecule has 0 saturated carbocycles. The van der Waals surface area contributed by atoms with E-state index >= 15 is 0 Å². The number of aliphatic hydroxyl groups is 1. The smallest absolute Gasteiger partial charge is 0.394 e. The Bertz CT molecular complexity index is 821. The topological polar surface area (TPSA) is 149 Å². The lowest BCUT2D eigenvalue weighted by molar-refractivity contribution is -0.0625. The molecule has 0 aliphatic carbocycles. The highest BCUT2D eigenvalue weighted by Crippen LogP contribution is 2.49. The Balaban J connectivity index is 2.44. The first-order valence-corrected chi connectivity index (χ1v) is 8.77. The molecule has 25 heavy (non-hydrogen) atoms. The third-order valence-corrected chi connectivity index (χ3v) is 4.51. The summed E-state index contributed by atoms with van der Waals surface area (Å²) in [5, 5.41) is 9.77. The molecule has 142 valence electrons. The van der Waals surface area contributed by atoms with E-state index in [9.17, 15) is 24.2 Å². The first-order valence-electron chi connectivity index (χ1n) is 8.27. The Morgan fingerprint density at radius 1 is 1.48 bits per heavy atom. The second-order valence-electron chi connectivity index (χ2n) is 5.49. The predicted octanol–water partition coefficient (Wildman–Crippen LogP) is -0.648. The van der Waals surface area contributed by atoms with E-state index in [0.717, 1.165) is 16.8 Å². The molecular formula is C13H21N2O9P. The van der Waals surface area contributed by atoms with E-state index in [-0.39, 0.29) is 0 Å². The van der Waals surface area contributed by atoms with Crippen LogP contribution in [0.15, 0.2) is 21.9 Å². The van der Waals surface area contributed by atoms with E-state index in [2.05, 4.69) is 0 Å². The Morgan fingerprint density at radius 2 is 2.16 bits per heavy atom. The number of nitrogens with zero attached hydrogens (tertiary/aromatic N) is 1. The minimum Gasteiger partial charge on any atom is -0.394 e. The van der Waals surface area contributed by atoms with Crippen LogP contribution in [0, 0.1) is 0 Å². The molecule has 0 spiro atoms. The molecule has 2 rings (SSSR count). The van der Waals surface area contributed by atoms with Crippen LogP contribution in [0.2, 0.25) is 0 Å². The van der Waals surface area contributed by atoms with E-state index in [0.29, 0.717) is 0 Å². The van der Waals surface area contributed by atoms with Gasteiger partial charge in [-0.25, -0.2) is 9.36 Å². The second-order valence-corrected chi connectivity index (χ2v) is 6.85. The van der Waals surface area contributed by atoms with Crippen LogP contribution in [0.4, 0.5) is 0 Å². The Kier molecular flexibility index (Phi) is 5.42. The van der Waals surface area contributed by atoms with Gasteiger partial charge >= 0.3 is 13.5 Å². The molecule has 2 heterocycles. The van der Waals surface area contributed by atoms with Crippen molar-refractivity contribution < 1.29 is 35.8 Å². The van der Waals surface area contributed by atoms with Crippen molar-refractivity contribution in [2.24, 2.45) is 0 Å². The molecule has 0 bridgehead atoms. The quantitative estimate of drug-likeness (QED) is 0.523. The van der Waals surface area contributed by atoms with Crippen molar-refractivity contribution in [2.75, 3.05) is 13.7 Å². The van der Waals surface area contributed by atoms with Gasteiger partial charge in [-0.05, 0) is 13.8 Å². The molecule has 0 radical (unpaired) electrons. The van der Waals surface area contributed by atoms with Crippen molar-refractivity contribution in [1.29, 1.82) is 0 Å². The first-order chi connectivity index (χ1) is 12.4. The summed E-state index contributed by atoms with van der Waals surface area (Å²) in [6, 6.07) is 1.02. The van der Waals surface area contributed by atoms with Gasteiger partial charge in [0.2, 0.25) is 0 Å². The molecule has 11 nitrogen and oxygen atoms in total. The largest absolute Gasteiger partial charge is 0.472 e. The minimum absolute atomic E-state index is 0.671. The van der Waals surface area contributed by atoms with E-state index < -0.39 is 56.3 Å². The maximum Gasteiger partial charge on any atom is 0.472 e. The normalized spacial score (nSPS) is 30.8. The average Bonchev–Trinajstić information content (AvgIpc) is 2.83. The number of rotatable bonds is 7. The number of nitrogens with one attached hydrogen (secondary N) is 1. The van der Waals surface area contributed by atoms with Crippen LogP contribution < -0.4 is 11.2 Å². The number of aromatic amines is 1. The highest BCUT2D eigenvalue weighted by Gasteiger charge is 2.50. The average molecular weight is 382 g/mol. The van der Waals surface area contributed by atoms with Crippen molar-refractivity contribution in [2.45, 2.75) is 44.5 Å². The lowest BCUT2D eigenvalue weighted by Gasteiger charge is -2.25. The van der Waals surface area contributed by atoms with Crippen molar-refractivity contribution in [3.63, 3.8) is 0 Å². The fourth-order valence-corrected chi connectivity index (χ4v) is 3.53. The van der Waals surface area contributed by atoms with Gasteiger partial charge in [0.1, 0.15) is 18.3 Å². The third-order valence-electron chi connectivity index (χ3n) is 3.31. The monoisotopic (exact) mass is 382 g/mol. The second kappa shape index (κ2) is 7.92. The summed E-state index contributed by atoms with van der Waals surface area (Å²) >= 11 is 0. The zero-order chi connectivity index (χ0) is 20.6. The Labute approximate surface area is 145 Å². The molecule has 1 fully saturated rings. The maximum atomic E-state index is 12.1. The molecule has 0 aromatic carbocycles. The molecule has 1 aliphatic heterocycles. The summed E-state index contributed by atoms with van der Waals surface area (Å²) in [7, 11) is -3.50. The summed E-state index contributed by atoms with van der Waals surface area (Å²) < 4.78 is 48.4. The maximum absolute atomic E-state index is 12.1. The SMILES string of the molecule is [2H]C([2H])(O)[C@H]1O[C@@H](n2ccc(=O)[nH]c2=O)C(OC)[C@H]1OP(=O)(O)OC(C)C. The van der Waals surface area contributed by atoms with Gasteiger partial charge in [0, 0.05) is 19.4 Å². The lowest BCUT2D eigenvalue weighted by Crippen LogP contribution is -2.39. The highest BCUT2D eigenvalue weighted by molar-refractivity contribution is 7.47. The molecule has 12 heteroatoms. The fourth-order valence-electron chi connectivity index (χ4n) is 2.41. The molecule has 1 aromatic heterocycles. The number of phosphoric ester groups is 1. The molecule has 0 amide bonds. The Hall–Kier alpha value is -1.33. The van der Waals surface area contributed by atoms with E-state index in [4.69, 9.17) is 21.3 Å². The van der Waals surface area contributed by atoms with Crippen LogP contribution in [0.1, 0.15) is 22.8 Å². The number of aromatic nitrogens is 2. The predicted molar refractivity (Wildman–Crippen MR) is 84.0 cm³/mol. The molecule has 5 atom stereocenters. The van der Waals surface area contributed by atoms with Gasteiger partial charge in [0.05, 0.1) is 15.4 Å². The number of hydrogen-bond acceptors (Lipinski definition) is 8. The number of H-pyrrole nitrogens is 1. The summed E-state index contributed by atoms with van der Waals surface area (Å²) in [6.45, 7) is -0.0485. The van der Waals surface area contributed by atoms with Crippen LogP contribution in [-0.2, 0) is 23.1 Å². The van der Waals surface area contributed by atoms with Crippen molar-refractivity contribution in [3.8, 4) is 0 Å². The summed E-state index contributed by atoms with van der Waals surface area (Å²) in [5.41, 5.74) is -1.56. The summed E-state index contributed by atoms with van der Waals surface area (Å²) in [5.74, 6) is 0. The van der Waals surface area contributed by atoms with Gasteiger partial charge in [-0.3, -0.25) is 23.4 Å². The summed E-state index contributed by atoms with van der Waals surface area (Å²) in [6.07, 6.45) is -5.69. The molecule has 1 aromatic rings.